The van der Waals surface area contributed by atoms with Crippen molar-refractivity contribution >= 4 is 23.4 Å². The van der Waals surface area contributed by atoms with Crippen LogP contribution in [0.5, 0.6) is 11.5 Å². The molecule has 0 saturated heterocycles. The van der Waals surface area contributed by atoms with Gasteiger partial charge < -0.3 is 20.5 Å². The number of methoxy groups -OCH3 is 1. The van der Waals surface area contributed by atoms with Crippen molar-refractivity contribution in [3.05, 3.63) is 58.1 Å². The maximum Gasteiger partial charge on any atom is 0.255 e. The second-order valence-corrected chi connectivity index (χ2v) is 8.17. The van der Waals surface area contributed by atoms with E-state index in [1.807, 2.05) is 0 Å². The zero-order chi connectivity index (χ0) is 22.4. The average molecular weight is 433 g/mol. The fraction of sp³-hybridized carbons (Fsp3) is 0.391. The zero-order valence-corrected chi connectivity index (χ0v) is 18.7. The van der Waals surface area contributed by atoms with Crippen molar-refractivity contribution in [2.75, 3.05) is 13.7 Å². The van der Waals surface area contributed by atoms with Crippen LogP contribution in [0.1, 0.15) is 61.1 Å². The lowest BCUT2D eigenvalue weighted by atomic mass is 9.93. The van der Waals surface area contributed by atoms with Crippen LogP contribution in [-0.2, 0) is 4.79 Å². The first-order valence-corrected chi connectivity index (χ1v) is 10.2. The molecule has 2 aromatic rings. The molecule has 30 heavy (non-hydrogen) atoms. The van der Waals surface area contributed by atoms with E-state index in [-0.39, 0.29) is 41.0 Å². The number of hydrogen-bond donors (Lipinski definition) is 2. The van der Waals surface area contributed by atoms with Crippen molar-refractivity contribution in [3.8, 4) is 11.5 Å². The Balaban J connectivity index is 2.27. The van der Waals surface area contributed by atoms with E-state index in [4.69, 9.17) is 26.8 Å². The van der Waals surface area contributed by atoms with Gasteiger partial charge in [-0.25, -0.2) is 0 Å². The summed E-state index contributed by atoms with van der Waals surface area (Å²) in [6.45, 7) is 8.05. The predicted octanol–water partition coefficient (Wildman–Crippen LogP) is 4.46. The first kappa shape index (κ1) is 23.5. The molecule has 2 rings (SSSR count). The molecule has 2 amide bonds. The van der Waals surface area contributed by atoms with Crippen LogP contribution in [0.4, 0.5) is 0 Å². The van der Waals surface area contributed by atoms with E-state index >= 15 is 0 Å². The van der Waals surface area contributed by atoms with Crippen LogP contribution < -0.4 is 20.5 Å². The molecule has 0 saturated carbocycles. The van der Waals surface area contributed by atoms with E-state index in [2.05, 4.69) is 57.3 Å². The van der Waals surface area contributed by atoms with Crippen molar-refractivity contribution in [2.45, 2.75) is 39.7 Å². The second-order valence-electron chi connectivity index (χ2n) is 7.76. The van der Waals surface area contributed by atoms with Crippen LogP contribution >= 0.6 is 11.6 Å². The monoisotopic (exact) mass is 432 g/mol. The molecule has 1 unspecified atom stereocenters. The molecule has 0 heterocycles. The Morgan fingerprint density at radius 2 is 1.67 bits per heavy atom. The molecule has 0 spiro atoms. The lowest BCUT2D eigenvalue weighted by Crippen LogP contribution is -2.31. The van der Waals surface area contributed by atoms with Gasteiger partial charge in [0.25, 0.3) is 11.8 Å². The number of halogens is 1. The SMILES string of the molecule is COc1cc(C(=O)NC(c2ccc(C(C)C)cc2)C(C)C)cc(Cl)c1OCC(N)=O. The van der Waals surface area contributed by atoms with Crippen molar-refractivity contribution in [1.82, 2.24) is 5.32 Å². The molecule has 2 aromatic carbocycles. The quantitative estimate of drug-likeness (QED) is 0.611. The van der Waals surface area contributed by atoms with E-state index in [0.29, 0.717) is 11.5 Å². The van der Waals surface area contributed by atoms with Gasteiger partial charge in [0, 0.05) is 5.56 Å². The Labute approximate surface area is 182 Å². The summed E-state index contributed by atoms with van der Waals surface area (Å²) in [5.41, 5.74) is 7.71. The summed E-state index contributed by atoms with van der Waals surface area (Å²) in [5, 5.41) is 3.23. The Hall–Kier alpha value is -2.73. The highest BCUT2D eigenvalue weighted by Crippen LogP contribution is 2.36. The van der Waals surface area contributed by atoms with Gasteiger partial charge in [-0.3, -0.25) is 9.59 Å². The molecular weight excluding hydrogens is 404 g/mol. The molecule has 0 aliphatic rings. The van der Waals surface area contributed by atoms with E-state index in [1.54, 1.807) is 0 Å². The topological polar surface area (TPSA) is 90.7 Å². The number of rotatable bonds is 9. The third-order valence-corrected chi connectivity index (χ3v) is 5.05. The minimum Gasteiger partial charge on any atom is -0.493 e. The molecule has 0 fully saturated rings. The highest BCUT2D eigenvalue weighted by Gasteiger charge is 2.22. The summed E-state index contributed by atoms with van der Waals surface area (Å²) in [6.07, 6.45) is 0. The van der Waals surface area contributed by atoms with Crippen LogP contribution in [0.3, 0.4) is 0 Å². The lowest BCUT2D eigenvalue weighted by molar-refractivity contribution is -0.119. The molecule has 6 nitrogen and oxygen atoms in total. The number of ether oxygens (including phenoxy) is 2. The number of carbonyl (C=O) groups is 2. The third-order valence-electron chi connectivity index (χ3n) is 4.77. The summed E-state index contributed by atoms with van der Waals surface area (Å²) in [5.74, 6) is 0.0995. The Kier molecular flexibility index (Phi) is 8.12. The van der Waals surface area contributed by atoms with Crippen LogP contribution in [0.25, 0.3) is 0 Å². The number of hydrogen-bond acceptors (Lipinski definition) is 4. The summed E-state index contributed by atoms with van der Waals surface area (Å²) in [7, 11) is 1.43. The minimum absolute atomic E-state index is 0.156. The fourth-order valence-corrected chi connectivity index (χ4v) is 3.35. The summed E-state index contributed by atoms with van der Waals surface area (Å²) < 4.78 is 10.6. The van der Waals surface area contributed by atoms with E-state index in [0.717, 1.165) is 5.56 Å². The van der Waals surface area contributed by atoms with Crippen molar-refractivity contribution in [2.24, 2.45) is 11.7 Å². The van der Waals surface area contributed by atoms with E-state index in [1.165, 1.54) is 24.8 Å². The van der Waals surface area contributed by atoms with Gasteiger partial charge in [-0.1, -0.05) is 63.6 Å². The maximum atomic E-state index is 13.0. The predicted molar refractivity (Wildman–Crippen MR) is 118 cm³/mol. The van der Waals surface area contributed by atoms with Gasteiger partial charge in [-0.05, 0) is 35.1 Å². The van der Waals surface area contributed by atoms with Crippen LogP contribution in [0.2, 0.25) is 5.02 Å². The van der Waals surface area contributed by atoms with E-state index < -0.39 is 5.91 Å². The molecule has 0 radical (unpaired) electrons. The Morgan fingerprint density at radius 1 is 1.07 bits per heavy atom. The first-order valence-electron chi connectivity index (χ1n) is 9.83. The van der Waals surface area contributed by atoms with Gasteiger partial charge in [-0.2, -0.15) is 0 Å². The Bertz CT molecular complexity index is 895. The van der Waals surface area contributed by atoms with Crippen LogP contribution in [-0.4, -0.2) is 25.5 Å². The van der Waals surface area contributed by atoms with Gasteiger partial charge in [-0.15, -0.1) is 0 Å². The molecule has 0 aromatic heterocycles. The number of carbonyl (C=O) groups excluding carboxylic acids is 2. The molecule has 3 N–H and O–H groups in total. The highest BCUT2D eigenvalue weighted by atomic mass is 35.5. The minimum atomic E-state index is -0.641. The van der Waals surface area contributed by atoms with Gasteiger partial charge in [0.05, 0.1) is 18.2 Å². The van der Waals surface area contributed by atoms with Gasteiger partial charge in [0.1, 0.15) is 0 Å². The second kappa shape index (κ2) is 10.3. The van der Waals surface area contributed by atoms with Crippen LogP contribution in [0.15, 0.2) is 36.4 Å². The molecule has 0 aliphatic carbocycles. The number of nitrogens with one attached hydrogen (secondary N) is 1. The first-order chi connectivity index (χ1) is 14.1. The summed E-state index contributed by atoms with van der Waals surface area (Å²) in [6, 6.07) is 11.1. The van der Waals surface area contributed by atoms with Crippen molar-refractivity contribution in [1.29, 1.82) is 0 Å². The normalized spacial score (nSPS) is 12.0. The molecule has 0 aliphatic heterocycles. The number of nitrogens with two attached hydrogens (primary N) is 1. The maximum absolute atomic E-state index is 13.0. The van der Waals surface area contributed by atoms with Gasteiger partial charge >= 0.3 is 0 Å². The molecular formula is C23H29ClN2O4. The molecule has 7 heteroatoms. The molecule has 162 valence electrons. The fourth-order valence-electron chi connectivity index (χ4n) is 3.08. The molecule has 0 bridgehead atoms. The molecule has 1 atom stereocenters. The van der Waals surface area contributed by atoms with Gasteiger partial charge in [0.2, 0.25) is 0 Å². The van der Waals surface area contributed by atoms with Crippen LogP contribution in [0, 0.1) is 5.92 Å². The number of benzene rings is 2. The highest BCUT2D eigenvalue weighted by molar-refractivity contribution is 6.32. The van der Waals surface area contributed by atoms with Crippen molar-refractivity contribution in [3.63, 3.8) is 0 Å². The van der Waals surface area contributed by atoms with Gasteiger partial charge in [0.15, 0.2) is 18.1 Å². The Morgan fingerprint density at radius 3 is 2.17 bits per heavy atom. The number of amides is 2. The standard InChI is InChI=1S/C23H29ClN2O4/c1-13(2)15-6-8-16(9-7-15)21(14(3)4)26-23(28)17-10-18(24)22(19(11-17)29-5)30-12-20(25)27/h6-11,13-14,21H,12H2,1-5H3,(H2,25,27)(H,26,28). The largest absolute Gasteiger partial charge is 0.493 e. The summed E-state index contributed by atoms with van der Waals surface area (Å²) >= 11 is 6.27. The average Bonchev–Trinajstić information content (AvgIpc) is 2.69. The summed E-state index contributed by atoms with van der Waals surface area (Å²) in [4.78, 5) is 24.0. The number of primary amides is 1. The zero-order valence-electron chi connectivity index (χ0n) is 18.0. The smallest absolute Gasteiger partial charge is 0.255 e. The third kappa shape index (κ3) is 5.89. The van der Waals surface area contributed by atoms with Crippen molar-refractivity contribution < 1.29 is 19.1 Å². The lowest BCUT2D eigenvalue weighted by Gasteiger charge is -2.24. The van der Waals surface area contributed by atoms with E-state index in [9.17, 15) is 9.59 Å².